The molecule has 1 aliphatic heterocycles. The lowest BCUT2D eigenvalue weighted by atomic mass is 9.90. The van der Waals surface area contributed by atoms with E-state index >= 15 is 0 Å². The number of rotatable bonds is 5. The van der Waals surface area contributed by atoms with Crippen LogP contribution in [0.5, 0.6) is 5.75 Å². The van der Waals surface area contributed by atoms with E-state index in [-0.39, 0.29) is 18.5 Å². The van der Waals surface area contributed by atoms with Crippen molar-refractivity contribution < 1.29 is 24.2 Å². The Morgan fingerprint density at radius 2 is 1.96 bits per heavy atom. The van der Waals surface area contributed by atoms with Gasteiger partial charge in [0.2, 0.25) is 0 Å². The first-order valence-corrected chi connectivity index (χ1v) is 8.66. The molecule has 1 aromatic carbocycles. The SMILES string of the molecule is COc1ccc(-c2nc(C(=O)NC3(C(=O)O)CCOCC3)cs2)cc1. The van der Waals surface area contributed by atoms with Crippen molar-refractivity contribution in [1.29, 1.82) is 0 Å². The molecule has 0 unspecified atom stereocenters. The molecular weight excluding hydrogens is 344 g/mol. The van der Waals surface area contributed by atoms with E-state index in [1.807, 2.05) is 24.3 Å². The Morgan fingerprint density at radius 1 is 1.28 bits per heavy atom. The quantitative estimate of drug-likeness (QED) is 0.846. The third-order valence-corrected chi connectivity index (χ3v) is 5.07. The standard InChI is InChI=1S/C17H18N2O5S/c1-23-12-4-2-11(3-5-12)15-18-13(10-25-15)14(20)19-17(16(21)22)6-8-24-9-7-17/h2-5,10H,6-9H2,1H3,(H,19,20)(H,21,22). The van der Waals surface area contributed by atoms with Gasteiger partial charge >= 0.3 is 5.97 Å². The maximum atomic E-state index is 12.5. The van der Waals surface area contributed by atoms with Crippen molar-refractivity contribution in [2.24, 2.45) is 0 Å². The average Bonchev–Trinajstić information content (AvgIpc) is 3.13. The molecule has 0 spiro atoms. The monoisotopic (exact) mass is 362 g/mol. The van der Waals surface area contributed by atoms with Crippen LogP contribution in [0.3, 0.4) is 0 Å². The summed E-state index contributed by atoms with van der Waals surface area (Å²) in [6.07, 6.45) is 0.479. The molecule has 1 aliphatic rings. The lowest BCUT2D eigenvalue weighted by molar-refractivity contribution is -0.148. The van der Waals surface area contributed by atoms with Crippen LogP contribution in [0, 0.1) is 0 Å². The topological polar surface area (TPSA) is 97.8 Å². The second-order valence-electron chi connectivity index (χ2n) is 5.72. The molecule has 0 radical (unpaired) electrons. The first-order valence-electron chi connectivity index (χ1n) is 7.78. The minimum atomic E-state index is -1.29. The van der Waals surface area contributed by atoms with Gasteiger partial charge in [-0.15, -0.1) is 11.3 Å². The van der Waals surface area contributed by atoms with Gasteiger partial charge in [-0.1, -0.05) is 0 Å². The van der Waals surface area contributed by atoms with E-state index in [4.69, 9.17) is 9.47 Å². The van der Waals surface area contributed by atoms with E-state index in [1.165, 1.54) is 11.3 Å². The fourth-order valence-electron chi connectivity index (χ4n) is 2.64. The number of carboxylic acids is 1. The molecule has 2 heterocycles. The highest BCUT2D eigenvalue weighted by Gasteiger charge is 2.42. The van der Waals surface area contributed by atoms with Gasteiger partial charge < -0.3 is 19.9 Å². The molecule has 3 rings (SSSR count). The van der Waals surface area contributed by atoms with Crippen LogP contribution in [0.2, 0.25) is 0 Å². The summed E-state index contributed by atoms with van der Waals surface area (Å²) in [6.45, 7) is 0.613. The molecule has 132 valence electrons. The van der Waals surface area contributed by atoms with Crippen molar-refractivity contribution in [3.05, 3.63) is 35.3 Å². The zero-order valence-corrected chi connectivity index (χ0v) is 14.5. The Bertz CT molecular complexity index is 766. The maximum Gasteiger partial charge on any atom is 0.329 e. The number of carbonyl (C=O) groups is 2. The number of carboxylic acid groups (broad SMARTS) is 1. The average molecular weight is 362 g/mol. The van der Waals surface area contributed by atoms with Gasteiger partial charge in [-0.05, 0) is 24.3 Å². The van der Waals surface area contributed by atoms with E-state index in [1.54, 1.807) is 12.5 Å². The van der Waals surface area contributed by atoms with Gasteiger partial charge in [0.05, 0.1) is 7.11 Å². The van der Waals surface area contributed by atoms with Crippen LogP contribution < -0.4 is 10.1 Å². The van der Waals surface area contributed by atoms with Gasteiger partial charge in [0, 0.05) is 37.0 Å². The van der Waals surface area contributed by atoms with E-state index in [2.05, 4.69) is 10.3 Å². The molecule has 1 amide bonds. The second-order valence-corrected chi connectivity index (χ2v) is 6.58. The minimum absolute atomic E-state index is 0.211. The summed E-state index contributed by atoms with van der Waals surface area (Å²) in [7, 11) is 1.59. The number of benzene rings is 1. The van der Waals surface area contributed by atoms with Crippen molar-refractivity contribution in [2.45, 2.75) is 18.4 Å². The molecule has 2 N–H and O–H groups in total. The fraction of sp³-hybridized carbons (Fsp3) is 0.353. The third-order valence-electron chi connectivity index (χ3n) is 4.18. The van der Waals surface area contributed by atoms with Gasteiger partial charge in [0.25, 0.3) is 5.91 Å². The van der Waals surface area contributed by atoms with Crippen molar-refractivity contribution in [3.63, 3.8) is 0 Å². The Kier molecular flexibility index (Phi) is 5.00. The summed E-state index contributed by atoms with van der Waals surface area (Å²) in [5.41, 5.74) is -0.217. The van der Waals surface area contributed by atoms with E-state index < -0.39 is 17.4 Å². The van der Waals surface area contributed by atoms with E-state index in [0.29, 0.717) is 18.2 Å². The first kappa shape index (κ1) is 17.4. The molecule has 0 atom stereocenters. The number of thiazole rings is 1. The number of nitrogens with one attached hydrogen (secondary N) is 1. The highest BCUT2D eigenvalue weighted by atomic mass is 32.1. The predicted octanol–water partition coefficient (Wildman–Crippen LogP) is 2.18. The normalized spacial score (nSPS) is 16.2. The largest absolute Gasteiger partial charge is 0.497 e. The number of carbonyl (C=O) groups excluding carboxylic acids is 1. The number of methoxy groups -OCH3 is 1. The van der Waals surface area contributed by atoms with Crippen LogP contribution in [0.1, 0.15) is 23.3 Å². The molecule has 25 heavy (non-hydrogen) atoms. The van der Waals surface area contributed by atoms with Gasteiger partial charge in [0.1, 0.15) is 22.0 Å². The van der Waals surface area contributed by atoms with Crippen LogP contribution in [0.25, 0.3) is 10.6 Å². The second kappa shape index (κ2) is 7.20. The van der Waals surface area contributed by atoms with Gasteiger partial charge in [-0.3, -0.25) is 4.79 Å². The van der Waals surface area contributed by atoms with E-state index in [0.717, 1.165) is 11.3 Å². The molecule has 0 bridgehead atoms. The molecular formula is C17H18N2O5S. The summed E-state index contributed by atoms with van der Waals surface area (Å²) in [5, 5.41) is 14.5. The summed E-state index contributed by atoms with van der Waals surface area (Å²) in [4.78, 5) is 28.4. The maximum absolute atomic E-state index is 12.5. The summed E-state index contributed by atoms with van der Waals surface area (Å²) >= 11 is 1.33. The number of amides is 1. The highest BCUT2D eigenvalue weighted by Crippen LogP contribution is 2.27. The Hall–Kier alpha value is -2.45. The van der Waals surface area contributed by atoms with Crippen molar-refractivity contribution >= 4 is 23.2 Å². The first-order chi connectivity index (χ1) is 12.0. The molecule has 0 aliphatic carbocycles. The smallest absolute Gasteiger partial charge is 0.329 e. The van der Waals surface area contributed by atoms with Crippen LogP contribution in [0.4, 0.5) is 0 Å². The lowest BCUT2D eigenvalue weighted by Gasteiger charge is -2.33. The van der Waals surface area contributed by atoms with Crippen LogP contribution in [-0.2, 0) is 9.53 Å². The van der Waals surface area contributed by atoms with Gasteiger partial charge in [-0.25, -0.2) is 9.78 Å². The zero-order valence-electron chi connectivity index (χ0n) is 13.7. The third kappa shape index (κ3) is 3.64. The van der Waals surface area contributed by atoms with E-state index in [9.17, 15) is 14.7 Å². The summed E-state index contributed by atoms with van der Waals surface area (Å²) < 4.78 is 10.3. The zero-order chi connectivity index (χ0) is 17.9. The number of aliphatic carboxylic acids is 1. The summed E-state index contributed by atoms with van der Waals surface area (Å²) in [5.74, 6) is -0.795. The Labute approximate surface area is 148 Å². The number of ether oxygens (including phenoxy) is 2. The molecule has 0 saturated carbocycles. The molecule has 2 aromatic rings. The Balaban J connectivity index is 1.76. The molecule has 8 heteroatoms. The summed E-state index contributed by atoms with van der Waals surface area (Å²) in [6, 6.07) is 7.35. The number of aromatic nitrogens is 1. The molecule has 1 fully saturated rings. The van der Waals surface area contributed by atoms with Crippen LogP contribution in [-0.4, -0.2) is 47.8 Å². The number of hydrogen-bond acceptors (Lipinski definition) is 6. The molecule has 7 nitrogen and oxygen atoms in total. The van der Waals surface area contributed by atoms with Crippen molar-refractivity contribution in [3.8, 4) is 16.3 Å². The Morgan fingerprint density at radius 3 is 2.56 bits per heavy atom. The lowest BCUT2D eigenvalue weighted by Crippen LogP contribution is -2.57. The van der Waals surface area contributed by atoms with Crippen LogP contribution in [0.15, 0.2) is 29.6 Å². The fourth-order valence-corrected chi connectivity index (χ4v) is 3.44. The minimum Gasteiger partial charge on any atom is -0.497 e. The van der Waals surface area contributed by atoms with Crippen molar-refractivity contribution in [2.75, 3.05) is 20.3 Å². The van der Waals surface area contributed by atoms with Crippen molar-refractivity contribution in [1.82, 2.24) is 10.3 Å². The number of hydrogen-bond donors (Lipinski definition) is 2. The van der Waals surface area contributed by atoms with Gasteiger partial charge in [0.15, 0.2) is 0 Å². The number of nitrogens with zero attached hydrogens (tertiary/aromatic N) is 1. The predicted molar refractivity (Wildman–Crippen MR) is 92.0 cm³/mol. The highest BCUT2D eigenvalue weighted by molar-refractivity contribution is 7.13. The van der Waals surface area contributed by atoms with Crippen LogP contribution >= 0.6 is 11.3 Å². The van der Waals surface area contributed by atoms with Gasteiger partial charge in [-0.2, -0.15) is 0 Å². The molecule has 1 saturated heterocycles. The molecule has 1 aromatic heterocycles.